The van der Waals surface area contributed by atoms with Gasteiger partial charge in [-0.05, 0) is 13.0 Å². The number of hydrogen-bond acceptors (Lipinski definition) is 4. The molecule has 0 unspecified atom stereocenters. The van der Waals surface area contributed by atoms with Crippen LogP contribution in [0.1, 0.15) is 13.8 Å². The largest absolute Gasteiger partial charge is 0.616 e. The maximum Gasteiger partial charge on any atom is 0.332 e. The van der Waals surface area contributed by atoms with Gasteiger partial charge >= 0.3 is 5.97 Å². The van der Waals surface area contributed by atoms with Crippen molar-refractivity contribution in [3.05, 3.63) is 12.0 Å². The van der Waals surface area contributed by atoms with Crippen molar-refractivity contribution in [2.45, 2.75) is 13.8 Å². The Hall–Kier alpha value is -1.19. The molecule has 0 radical (unpaired) electrons. The third kappa shape index (κ3) is 5.58. The second kappa shape index (κ2) is 5.46. The smallest absolute Gasteiger partial charge is 0.332 e. The Kier molecular flexibility index (Phi) is 4.92. The molecule has 4 heteroatoms. The van der Waals surface area contributed by atoms with Gasteiger partial charge in [-0.3, -0.25) is 0 Å². The van der Waals surface area contributed by atoms with Crippen LogP contribution in [0.15, 0.2) is 12.0 Å². The monoisotopic (exact) mass is 173 g/mol. The predicted molar refractivity (Wildman–Crippen MR) is 40.9 cm³/mol. The summed E-state index contributed by atoms with van der Waals surface area (Å²) in [4.78, 5) is 10.7. The van der Waals surface area contributed by atoms with Gasteiger partial charge in [-0.2, -0.15) is 0 Å². The fourth-order valence-electron chi connectivity index (χ4n) is 0.446. The summed E-state index contributed by atoms with van der Waals surface area (Å²) in [5.74, 6) is -1.08. The number of hydrogen-bond donors (Lipinski definition) is 0. The number of esters is 1. The van der Waals surface area contributed by atoms with Crippen LogP contribution >= 0.6 is 0 Å². The number of rotatable bonds is 4. The third-order valence-electron chi connectivity index (χ3n) is 0.996. The van der Waals surface area contributed by atoms with Crippen molar-refractivity contribution in [1.82, 2.24) is 0 Å². The minimum atomic E-state index is -0.691. The Labute approximate surface area is 71.8 Å². The Morgan fingerprint density at radius 1 is 1.58 bits per heavy atom. The fraction of sp³-hybridized carbons (Fsp3) is 0.625. The predicted octanol–water partition coefficient (Wildman–Crippen LogP) is 0.0337. The van der Waals surface area contributed by atoms with E-state index < -0.39 is 11.9 Å². The number of carbonyl (C=O) groups is 1. The van der Waals surface area contributed by atoms with Gasteiger partial charge in [0.1, 0.15) is 0 Å². The standard InChI is InChI=1S/C8H14O4/c1-6(2)5-12-8(10)4-7(9)11-3/h4,6,9H,5H2,1-3H3/p-1/b7-4+. The van der Waals surface area contributed by atoms with Gasteiger partial charge in [0.25, 0.3) is 0 Å². The van der Waals surface area contributed by atoms with E-state index >= 15 is 0 Å². The first-order valence-electron chi connectivity index (χ1n) is 3.65. The minimum Gasteiger partial charge on any atom is -0.616 e. The highest BCUT2D eigenvalue weighted by molar-refractivity contribution is 5.81. The molecule has 0 aliphatic rings. The molecule has 0 aromatic heterocycles. The van der Waals surface area contributed by atoms with Gasteiger partial charge in [-0.25, -0.2) is 4.79 Å². The van der Waals surface area contributed by atoms with Crippen LogP contribution in [0, 0.1) is 5.92 Å². The molecule has 0 bridgehead atoms. The average Bonchev–Trinajstić information content (AvgIpc) is 2.00. The highest BCUT2D eigenvalue weighted by atomic mass is 16.6. The van der Waals surface area contributed by atoms with Crippen molar-refractivity contribution in [2.24, 2.45) is 5.92 Å². The molecule has 0 rings (SSSR count). The van der Waals surface area contributed by atoms with Gasteiger partial charge in [0.05, 0.1) is 12.6 Å². The van der Waals surface area contributed by atoms with E-state index in [2.05, 4.69) is 9.47 Å². The van der Waals surface area contributed by atoms with Crippen LogP contribution in [0.4, 0.5) is 0 Å². The van der Waals surface area contributed by atoms with E-state index in [0.717, 1.165) is 6.08 Å². The maximum atomic E-state index is 10.7. The Morgan fingerprint density at radius 3 is 2.58 bits per heavy atom. The van der Waals surface area contributed by atoms with Crippen molar-refractivity contribution in [1.29, 1.82) is 0 Å². The van der Waals surface area contributed by atoms with E-state index in [1.54, 1.807) is 0 Å². The van der Waals surface area contributed by atoms with Crippen molar-refractivity contribution in [3.63, 3.8) is 0 Å². The lowest BCUT2D eigenvalue weighted by Gasteiger charge is -2.08. The Bertz CT molecular complexity index is 172. The van der Waals surface area contributed by atoms with E-state index in [9.17, 15) is 9.90 Å². The van der Waals surface area contributed by atoms with Crippen LogP contribution in [-0.4, -0.2) is 19.7 Å². The summed E-state index contributed by atoms with van der Waals surface area (Å²) in [5.41, 5.74) is 0. The zero-order chi connectivity index (χ0) is 9.56. The van der Waals surface area contributed by atoms with E-state index in [-0.39, 0.29) is 5.92 Å². The normalized spacial score (nSPS) is 11.5. The highest BCUT2D eigenvalue weighted by Gasteiger charge is 1.99. The van der Waals surface area contributed by atoms with Gasteiger partial charge in [0.15, 0.2) is 0 Å². The maximum absolute atomic E-state index is 10.7. The van der Waals surface area contributed by atoms with Gasteiger partial charge in [0.2, 0.25) is 0 Å². The van der Waals surface area contributed by atoms with Crippen LogP contribution in [0.2, 0.25) is 0 Å². The molecule has 0 aliphatic heterocycles. The van der Waals surface area contributed by atoms with Crippen LogP contribution in [0.5, 0.6) is 0 Å². The molecule has 0 N–H and O–H groups in total. The van der Waals surface area contributed by atoms with Crippen LogP contribution in [0.3, 0.4) is 0 Å². The zero-order valence-corrected chi connectivity index (χ0v) is 7.49. The molecule has 0 spiro atoms. The summed E-state index contributed by atoms with van der Waals surface area (Å²) < 4.78 is 8.91. The van der Waals surface area contributed by atoms with Crippen molar-refractivity contribution >= 4 is 5.97 Å². The molecule has 0 saturated carbocycles. The lowest BCUT2D eigenvalue weighted by atomic mass is 10.2. The summed E-state index contributed by atoms with van der Waals surface area (Å²) >= 11 is 0. The Balaban J connectivity index is 3.74. The molecule has 12 heavy (non-hydrogen) atoms. The second-order valence-electron chi connectivity index (χ2n) is 2.69. The van der Waals surface area contributed by atoms with Gasteiger partial charge < -0.3 is 14.6 Å². The highest BCUT2D eigenvalue weighted by Crippen LogP contribution is 1.94. The zero-order valence-electron chi connectivity index (χ0n) is 7.49. The first-order chi connectivity index (χ1) is 5.56. The molecule has 0 fully saturated rings. The van der Waals surface area contributed by atoms with Crippen LogP contribution in [-0.2, 0) is 14.3 Å². The molecule has 0 aliphatic carbocycles. The van der Waals surface area contributed by atoms with Gasteiger partial charge in [-0.15, -0.1) is 0 Å². The average molecular weight is 173 g/mol. The van der Waals surface area contributed by atoms with Crippen molar-refractivity contribution < 1.29 is 19.4 Å². The topological polar surface area (TPSA) is 58.6 Å². The summed E-state index contributed by atoms with van der Waals surface area (Å²) in [5, 5.41) is 10.5. The molecule has 4 nitrogen and oxygen atoms in total. The van der Waals surface area contributed by atoms with Crippen LogP contribution in [0.25, 0.3) is 0 Å². The molecular formula is C8H13O4-. The number of methoxy groups -OCH3 is 1. The molecule has 70 valence electrons. The summed E-state index contributed by atoms with van der Waals surface area (Å²) in [7, 11) is 1.20. The van der Waals surface area contributed by atoms with Gasteiger partial charge in [0, 0.05) is 6.08 Å². The van der Waals surface area contributed by atoms with Gasteiger partial charge in [-0.1, -0.05) is 13.8 Å². The molecule has 0 amide bonds. The second-order valence-corrected chi connectivity index (χ2v) is 2.69. The van der Waals surface area contributed by atoms with Crippen molar-refractivity contribution in [2.75, 3.05) is 13.7 Å². The Morgan fingerprint density at radius 2 is 2.17 bits per heavy atom. The molecule has 0 heterocycles. The van der Waals surface area contributed by atoms with Crippen molar-refractivity contribution in [3.8, 4) is 0 Å². The van der Waals surface area contributed by atoms with E-state index in [0.29, 0.717) is 6.61 Å². The summed E-state index contributed by atoms with van der Waals surface area (Å²) in [6, 6.07) is 0. The fourth-order valence-corrected chi connectivity index (χ4v) is 0.446. The lowest BCUT2D eigenvalue weighted by molar-refractivity contribution is -0.353. The molecule has 0 saturated heterocycles. The van der Waals surface area contributed by atoms with E-state index in [1.165, 1.54) is 7.11 Å². The van der Waals surface area contributed by atoms with E-state index in [4.69, 9.17) is 0 Å². The van der Waals surface area contributed by atoms with Crippen LogP contribution < -0.4 is 5.11 Å². The molecule has 0 atom stereocenters. The summed E-state index contributed by atoms with van der Waals surface area (Å²) in [6.07, 6.45) is 0.780. The first-order valence-corrected chi connectivity index (χ1v) is 3.65. The quantitative estimate of drug-likeness (QED) is 0.342. The number of carbonyl (C=O) groups excluding carboxylic acids is 1. The number of ether oxygens (including phenoxy) is 2. The SMILES string of the molecule is CO/C([O-])=C/C(=O)OCC(C)C. The molecule has 0 aromatic carbocycles. The summed E-state index contributed by atoms with van der Waals surface area (Å²) in [6.45, 7) is 4.13. The first kappa shape index (κ1) is 10.8. The van der Waals surface area contributed by atoms with E-state index in [1.807, 2.05) is 13.8 Å². The molecule has 0 aromatic rings. The third-order valence-corrected chi connectivity index (χ3v) is 0.996. The molecular weight excluding hydrogens is 160 g/mol. The lowest BCUT2D eigenvalue weighted by Crippen LogP contribution is -2.12. The minimum absolute atomic E-state index is 0.264.